The van der Waals surface area contributed by atoms with Gasteiger partial charge in [0.15, 0.2) is 0 Å². The number of hydrogen-bond donors (Lipinski definition) is 0. The molecule has 36 heavy (non-hydrogen) atoms. The molecule has 3 heteroatoms. The van der Waals surface area contributed by atoms with Crippen LogP contribution in [0.5, 0.6) is 11.5 Å². The average molecular weight is 487 g/mol. The molecule has 0 bridgehead atoms. The number of carbonyl (C=O) groups excluding carboxylic acids is 1. The van der Waals surface area contributed by atoms with Crippen molar-refractivity contribution >= 4 is 5.97 Å². The zero-order chi connectivity index (χ0) is 25.4. The van der Waals surface area contributed by atoms with Crippen LogP contribution in [0.3, 0.4) is 0 Å². The Balaban J connectivity index is 1.44. The third-order valence-electron chi connectivity index (χ3n) is 6.53. The van der Waals surface area contributed by atoms with E-state index in [0.29, 0.717) is 17.9 Å². The molecule has 0 aliphatic heterocycles. The first-order valence-electron chi connectivity index (χ1n) is 13.8. The normalized spacial score (nSPS) is 10.8. The first kappa shape index (κ1) is 27.5. The van der Waals surface area contributed by atoms with E-state index in [9.17, 15) is 4.79 Å². The lowest BCUT2D eigenvalue weighted by Crippen LogP contribution is -2.08. The Labute approximate surface area is 217 Å². The van der Waals surface area contributed by atoms with Gasteiger partial charge in [-0.15, -0.1) is 0 Å². The Hall–Kier alpha value is -3.07. The highest BCUT2D eigenvalue weighted by Crippen LogP contribution is 2.24. The van der Waals surface area contributed by atoms with E-state index < -0.39 is 0 Å². The molecular weight excluding hydrogens is 444 g/mol. The van der Waals surface area contributed by atoms with E-state index in [2.05, 4.69) is 38.1 Å². The SMILES string of the molecule is CCCCCCCCOc1ccc(C(=O)Oc2ccc(-c3ccc(CCCCCC)cc3)cc2)cc1. The molecule has 192 valence electrons. The Bertz CT molecular complexity index is 1000. The molecule has 0 aromatic heterocycles. The van der Waals surface area contributed by atoms with Crippen molar-refractivity contribution in [1.29, 1.82) is 0 Å². The smallest absolute Gasteiger partial charge is 0.343 e. The fourth-order valence-electron chi connectivity index (χ4n) is 4.26. The quantitative estimate of drug-likeness (QED) is 0.115. The maximum atomic E-state index is 12.6. The number of hydrogen-bond acceptors (Lipinski definition) is 3. The van der Waals surface area contributed by atoms with E-state index >= 15 is 0 Å². The lowest BCUT2D eigenvalue weighted by Gasteiger charge is -2.09. The van der Waals surface area contributed by atoms with Crippen LogP contribution in [0.4, 0.5) is 0 Å². The minimum absolute atomic E-state index is 0.363. The average Bonchev–Trinajstić information content (AvgIpc) is 2.92. The number of carbonyl (C=O) groups is 1. The number of benzene rings is 3. The molecule has 0 aliphatic carbocycles. The van der Waals surface area contributed by atoms with E-state index in [4.69, 9.17) is 9.47 Å². The zero-order valence-electron chi connectivity index (χ0n) is 22.1. The van der Waals surface area contributed by atoms with Crippen molar-refractivity contribution in [1.82, 2.24) is 0 Å². The maximum absolute atomic E-state index is 12.6. The Morgan fingerprint density at radius 2 is 1.11 bits per heavy atom. The molecular formula is C33H42O3. The first-order chi connectivity index (χ1) is 17.7. The summed E-state index contributed by atoms with van der Waals surface area (Å²) in [5, 5.41) is 0. The Kier molecular flexibility index (Phi) is 12.1. The number of unbranched alkanes of at least 4 members (excludes halogenated alkanes) is 8. The maximum Gasteiger partial charge on any atom is 0.343 e. The van der Waals surface area contributed by atoms with Gasteiger partial charge in [0.25, 0.3) is 0 Å². The third kappa shape index (κ3) is 9.53. The second-order valence-corrected chi connectivity index (χ2v) is 9.56. The first-order valence-corrected chi connectivity index (χ1v) is 13.8. The molecule has 0 saturated heterocycles. The summed E-state index contributed by atoms with van der Waals surface area (Å²) in [6.45, 7) is 5.18. The van der Waals surface area contributed by atoms with Crippen molar-refractivity contribution in [3.05, 3.63) is 83.9 Å². The summed E-state index contributed by atoms with van der Waals surface area (Å²) >= 11 is 0. The van der Waals surface area contributed by atoms with Crippen molar-refractivity contribution in [2.45, 2.75) is 84.5 Å². The van der Waals surface area contributed by atoms with Crippen molar-refractivity contribution < 1.29 is 14.3 Å². The van der Waals surface area contributed by atoms with Gasteiger partial charge in [0.05, 0.1) is 12.2 Å². The Morgan fingerprint density at radius 3 is 1.75 bits per heavy atom. The van der Waals surface area contributed by atoms with E-state index in [1.807, 2.05) is 36.4 Å². The second kappa shape index (κ2) is 15.8. The molecule has 3 aromatic rings. The van der Waals surface area contributed by atoms with Gasteiger partial charge in [0, 0.05) is 0 Å². The van der Waals surface area contributed by atoms with Gasteiger partial charge in [-0.3, -0.25) is 0 Å². The molecule has 0 spiro atoms. The minimum Gasteiger partial charge on any atom is -0.494 e. The van der Waals surface area contributed by atoms with Crippen LogP contribution < -0.4 is 9.47 Å². The lowest BCUT2D eigenvalue weighted by atomic mass is 10.0. The van der Waals surface area contributed by atoms with Crippen molar-refractivity contribution in [3.8, 4) is 22.6 Å². The van der Waals surface area contributed by atoms with Crippen LogP contribution in [-0.2, 0) is 6.42 Å². The van der Waals surface area contributed by atoms with E-state index in [-0.39, 0.29) is 5.97 Å². The van der Waals surface area contributed by atoms with Gasteiger partial charge < -0.3 is 9.47 Å². The lowest BCUT2D eigenvalue weighted by molar-refractivity contribution is 0.0734. The fourth-order valence-corrected chi connectivity index (χ4v) is 4.26. The summed E-state index contributed by atoms with van der Waals surface area (Å²) in [5.41, 5.74) is 4.18. The van der Waals surface area contributed by atoms with Gasteiger partial charge in [-0.25, -0.2) is 4.79 Å². The summed E-state index contributed by atoms with van der Waals surface area (Å²) < 4.78 is 11.4. The van der Waals surface area contributed by atoms with Gasteiger partial charge in [0.1, 0.15) is 11.5 Å². The van der Waals surface area contributed by atoms with Crippen LogP contribution >= 0.6 is 0 Å². The molecule has 0 amide bonds. The number of aryl methyl sites for hydroxylation is 1. The van der Waals surface area contributed by atoms with Gasteiger partial charge in [0.2, 0.25) is 0 Å². The third-order valence-corrected chi connectivity index (χ3v) is 6.53. The standard InChI is InChI=1S/C33H42O3/c1-3-5-7-9-10-12-26-35-31-22-20-30(21-23-31)33(34)36-32-24-18-29(19-25-32)28-16-14-27(15-17-28)13-11-8-6-4-2/h14-25H,3-13,26H2,1-2H3. The number of esters is 1. The molecule has 3 aromatic carbocycles. The molecule has 0 saturated carbocycles. The summed E-state index contributed by atoms with van der Waals surface area (Å²) in [4.78, 5) is 12.6. The molecule has 3 nitrogen and oxygen atoms in total. The van der Waals surface area contributed by atoms with Crippen LogP contribution in [0.15, 0.2) is 72.8 Å². The highest BCUT2D eigenvalue weighted by Gasteiger charge is 2.09. The molecule has 0 radical (unpaired) electrons. The molecule has 0 N–H and O–H groups in total. The van der Waals surface area contributed by atoms with Crippen LogP contribution in [0.25, 0.3) is 11.1 Å². The van der Waals surface area contributed by atoms with Gasteiger partial charge >= 0.3 is 5.97 Å². The molecule has 0 fully saturated rings. The van der Waals surface area contributed by atoms with E-state index in [0.717, 1.165) is 24.2 Å². The monoisotopic (exact) mass is 486 g/mol. The van der Waals surface area contributed by atoms with Gasteiger partial charge in [-0.05, 0) is 72.4 Å². The van der Waals surface area contributed by atoms with E-state index in [1.165, 1.54) is 68.9 Å². The molecule has 3 rings (SSSR count). The predicted octanol–water partition coefficient (Wildman–Crippen LogP) is 9.43. The summed E-state index contributed by atoms with van der Waals surface area (Å²) in [5.74, 6) is 0.966. The highest BCUT2D eigenvalue weighted by atomic mass is 16.5. The Morgan fingerprint density at radius 1 is 0.583 bits per heavy atom. The van der Waals surface area contributed by atoms with Gasteiger partial charge in [-0.1, -0.05) is 102 Å². The second-order valence-electron chi connectivity index (χ2n) is 9.56. The highest BCUT2D eigenvalue weighted by molar-refractivity contribution is 5.91. The van der Waals surface area contributed by atoms with Crippen LogP contribution in [-0.4, -0.2) is 12.6 Å². The topological polar surface area (TPSA) is 35.5 Å². The van der Waals surface area contributed by atoms with Crippen LogP contribution in [0.1, 0.15) is 94.0 Å². The van der Waals surface area contributed by atoms with Crippen LogP contribution in [0, 0.1) is 0 Å². The minimum atomic E-state index is -0.363. The largest absolute Gasteiger partial charge is 0.494 e. The summed E-state index contributed by atoms with van der Waals surface area (Å²) in [6, 6.07) is 23.7. The predicted molar refractivity (Wildman–Crippen MR) is 150 cm³/mol. The zero-order valence-corrected chi connectivity index (χ0v) is 22.1. The molecule has 0 atom stereocenters. The fraction of sp³-hybridized carbons (Fsp3) is 0.424. The summed E-state index contributed by atoms with van der Waals surface area (Å²) in [7, 11) is 0. The van der Waals surface area contributed by atoms with E-state index in [1.54, 1.807) is 12.1 Å². The van der Waals surface area contributed by atoms with Crippen molar-refractivity contribution in [3.63, 3.8) is 0 Å². The molecule has 0 aliphatic rings. The van der Waals surface area contributed by atoms with Crippen molar-refractivity contribution in [2.24, 2.45) is 0 Å². The number of rotatable bonds is 16. The summed E-state index contributed by atoms with van der Waals surface area (Å²) in [6.07, 6.45) is 13.7. The molecule has 0 unspecified atom stereocenters. The molecule has 0 heterocycles. The number of ether oxygens (including phenoxy) is 2. The van der Waals surface area contributed by atoms with Crippen LogP contribution in [0.2, 0.25) is 0 Å². The van der Waals surface area contributed by atoms with Gasteiger partial charge in [-0.2, -0.15) is 0 Å². The van der Waals surface area contributed by atoms with Crippen molar-refractivity contribution in [2.75, 3.05) is 6.61 Å².